The van der Waals surface area contributed by atoms with Gasteiger partial charge in [-0.2, -0.15) is 0 Å². The standard InChI is InChI=1S/C10H18Cl2N2O2/c1-10(12,8-11)9(15)13-2-3-14-4-6-16-7-5-14/h2-8H2,1H3,(H,13,15)/t10-/m0/s1. The van der Waals surface area contributed by atoms with Crippen LogP contribution in [0.1, 0.15) is 6.92 Å². The zero-order valence-electron chi connectivity index (χ0n) is 9.47. The van der Waals surface area contributed by atoms with E-state index < -0.39 is 4.87 Å². The fraction of sp³-hybridized carbons (Fsp3) is 0.900. The third-order valence-corrected chi connectivity index (χ3v) is 3.52. The van der Waals surface area contributed by atoms with E-state index in [1.165, 1.54) is 0 Å². The minimum atomic E-state index is -1.01. The van der Waals surface area contributed by atoms with E-state index >= 15 is 0 Å². The molecular weight excluding hydrogens is 251 g/mol. The van der Waals surface area contributed by atoms with Crippen molar-refractivity contribution < 1.29 is 9.53 Å². The van der Waals surface area contributed by atoms with Crippen molar-refractivity contribution in [2.75, 3.05) is 45.3 Å². The molecule has 1 atom stereocenters. The van der Waals surface area contributed by atoms with Gasteiger partial charge in [-0.3, -0.25) is 9.69 Å². The summed E-state index contributed by atoms with van der Waals surface area (Å²) < 4.78 is 5.23. The maximum Gasteiger partial charge on any atom is 0.242 e. The number of halogens is 2. The molecule has 16 heavy (non-hydrogen) atoms. The molecule has 0 aromatic carbocycles. The number of amides is 1. The van der Waals surface area contributed by atoms with Crippen molar-refractivity contribution >= 4 is 29.1 Å². The molecule has 94 valence electrons. The van der Waals surface area contributed by atoms with Crippen molar-refractivity contribution in [2.45, 2.75) is 11.8 Å². The molecule has 0 saturated carbocycles. The van der Waals surface area contributed by atoms with Crippen molar-refractivity contribution in [2.24, 2.45) is 0 Å². The van der Waals surface area contributed by atoms with Gasteiger partial charge in [0.05, 0.1) is 19.1 Å². The summed E-state index contributed by atoms with van der Waals surface area (Å²) >= 11 is 11.5. The second kappa shape index (κ2) is 6.64. The first-order valence-corrected chi connectivity index (χ1v) is 6.31. The van der Waals surface area contributed by atoms with Gasteiger partial charge in [-0.05, 0) is 6.92 Å². The normalized spacial score (nSPS) is 21.4. The Balaban J connectivity index is 2.17. The predicted molar refractivity (Wildman–Crippen MR) is 65.2 cm³/mol. The first kappa shape index (κ1) is 14.0. The molecule has 0 spiro atoms. The van der Waals surface area contributed by atoms with E-state index in [1.54, 1.807) is 6.92 Å². The Labute approximate surface area is 106 Å². The summed E-state index contributed by atoms with van der Waals surface area (Å²) in [7, 11) is 0. The second-order valence-electron chi connectivity index (χ2n) is 4.04. The van der Waals surface area contributed by atoms with Gasteiger partial charge in [0.2, 0.25) is 5.91 Å². The maximum atomic E-state index is 11.6. The van der Waals surface area contributed by atoms with Crippen LogP contribution in [0.2, 0.25) is 0 Å². The molecule has 0 unspecified atom stereocenters. The van der Waals surface area contributed by atoms with E-state index in [-0.39, 0.29) is 11.8 Å². The number of rotatable bonds is 5. The highest BCUT2D eigenvalue weighted by atomic mass is 35.5. The largest absolute Gasteiger partial charge is 0.379 e. The van der Waals surface area contributed by atoms with Crippen molar-refractivity contribution in [3.63, 3.8) is 0 Å². The topological polar surface area (TPSA) is 41.6 Å². The second-order valence-corrected chi connectivity index (χ2v) is 5.14. The Hall–Kier alpha value is -0.0300. The van der Waals surface area contributed by atoms with Crippen LogP contribution in [0, 0.1) is 0 Å². The number of carbonyl (C=O) groups is 1. The van der Waals surface area contributed by atoms with Gasteiger partial charge in [0.25, 0.3) is 0 Å². The predicted octanol–water partition coefficient (Wildman–Crippen LogP) is 0.671. The SMILES string of the molecule is C[C@](Cl)(CCl)C(=O)NCCN1CCOCC1. The van der Waals surface area contributed by atoms with Crippen LogP contribution < -0.4 is 5.32 Å². The Morgan fingerprint density at radius 1 is 1.50 bits per heavy atom. The molecule has 1 N–H and O–H groups in total. The molecule has 1 aliphatic rings. The molecule has 1 saturated heterocycles. The zero-order chi connectivity index (χ0) is 12.0. The van der Waals surface area contributed by atoms with Gasteiger partial charge < -0.3 is 10.1 Å². The van der Waals surface area contributed by atoms with E-state index in [2.05, 4.69) is 10.2 Å². The molecule has 0 aromatic rings. The summed E-state index contributed by atoms with van der Waals surface area (Å²) in [5.74, 6) is -0.102. The number of alkyl halides is 2. The molecule has 1 amide bonds. The molecule has 0 radical (unpaired) electrons. The number of nitrogens with one attached hydrogen (secondary N) is 1. The minimum absolute atomic E-state index is 0.109. The van der Waals surface area contributed by atoms with Gasteiger partial charge in [-0.1, -0.05) is 0 Å². The quantitative estimate of drug-likeness (QED) is 0.746. The van der Waals surface area contributed by atoms with Gasteiger partial charge in [0, 0.05) is 26.2 Å². The summed E-state index contributed by atoms with van der Waals surface area (Å²) in [5, 5.41) is 2.78. The number of nitrogens with zero attached hydrogens (tertiary/aromatic N) is 1. The molecule has 0 bridgehead atoms. The van der Waals surface area contributed by atoms with E-state index in [0.29, 0.717) is 6.54 Å². The summed E-state index contributed by atoms with van der Waals surface area (Å²) in [6.07, 6.45) is 0. The summed E-state index contributed by atoms with van der Waals surface area (Å²) in [5.41, 5.74) is 0. The summed E-state index contributed by atoms with van der Waals surface area (Å²) in [4.78, 5) is 12.8. The van der Waals surface area contributed by atoms with Crippen molar-refractivity contribution in [1.29, 1.82) is 0 Å². The van der Waals surface area contributed by atoms with Crippen LogP contribution in [0.5, 0.6) is 0 Å². The van der Waals surface area contributed by atoms with Gasteiger partial charge in [-0.25, -0.2) is 0 Å². The first-order valence-electron chi connectivity index (χ1n) is 5.39. The zero-order valence-corrected chi connectivity index (χ0v) is 11.0. The van der Waals surface area contributed by atoms with Gasteiger partial charge in [0.1, 0.15) is 4.87 Å². The van der Waals surface area contributed by atoms with Crippen LogP contribution in [0.3, 0.4) is 0 Å². The number of hydrogen-bond donors (Lipinski definition) is 1. The highest BCUT2D eigenvalue weighted by molar-refractivity contribution is 6.39. The van der Waals surface area contributed by atoms with Crippen LogP contribution in [0.4, 0.5) is 0 Å². The average molecular weight is 269 g/mol. The fourth-order valence-corrected chi connectivity index (χ4v) is 1.59. The molecule has 1 fully saturated rings. The van der Waals surface area contributed by atoms with Gasteiger partial charge in [0.15, 0.2) is 0 Å². The van der Waals surface area contributed by atoms with Crippen LogP contribution in [0.25, 0.3) is 0 Å². The van der Waals surface area contributed by atoms with Gasteiger partial charge >= 0.3 is 0 Å². The average Bonchev–Trinajstić information content (AvgIpc) is 2.30. The highest BCUT2D eigenvalue weighted by Gasteiger charge is 2.29. The Morgan fingerprint density at radius 3 is 2.69 bits per heavy atom. The molecule has 0 aromatic heterocycles. The van der Waals surface area contributed by atoms with Crippen molar-refractivity contribution in [3.05, 3.63) is 0 Å². The van der Waals surface area contributed by atoms with E-state index in [0.717, 1.165) is 32.8 Å². The molecule has 1 heterocycles. The van der Waals surface area contributed by atoms with E-state index in [1.807, 2.05) is 0 Å². The molecular formula is C10H18Cl2N2O2. The number of morpholine rings is 1. The Kier molecular flexibility index (Phi) is 5.83. The van der Waals surface area contributed by atoms with Crippen molar-refractivity contribution in [3.8, 4) is 0 Å². The lowest BCUT2D eigenvalue weighted by Gasteiger charge is -2.27. The lowest BCUT2D eigenvalue weighted by Crippen LogP contribution is -2.46. The van der Waals surface area contributed by atoms with Crippen LogP contribution >= 0.6 is 23.2 Å². The maximum absolute atomic E-state index is 11.6. The third-order valence-electron chi connectivity index (χ3n) is 2.54. The highest BCUT2D eigenvalue weighted by Crippen LogP contribution is 2.15. The Morgan fingerprint density at radius 2 is 2.12 bits per heavy atom. The van der Waals surface area contributed by atoms with Crippen LogP contribution in [0.15, 0.2) is 0 Å². The molecule has 4 nitrogen and oxygen atoms in total. The first-order chi connectivity index (χ1) is 7.56. The Bertz CT molecular complexity index is 231. The minimum Gasteiger partial charge on any atom is -0.379 e. The lowest BCUT2D eigenvalue weighted by atomic mass is 10.2. The molecule has 1 rings (SSSR count). The molecule has 0 aliphatic carbocycles. The fourth-order valence-electron chi connectivity index (χ4n) is 1.40. The number of carbonyl (C=O) groups excluding carboxylic acids is 1. The molecule has 6 heteroatoms. The van der Waals surface area contributed by atoms with Crippen molar-refractivity contribution in [1.82, 2.24) is 10.2 Å². The lowest BCUT2D eigenvalue weighted by molar-refractivity contribution is -0.122. The smallest absolute Gasteiger partial charge is 0.242 e. The number of hydrogen-bond acceptors (Lipinski definition) is 3. The van der Waals surface area contributed by atoms with E-state index in [9.17, 15) is 4.79 Å². The van der Waals surface area contributed by atoms with Crippen LogP contribution in [-0.4, -0.2) is 61.0 Å². The van der Waals surface area contributed by atoms with E-state index in [4.69, 9.17) is 27.9 Å². The third kappa shape index (κ3) is 4.45. The molecule has 1 aliphatic heterocycles. The summed E-state index contributed by atoms with van der Waals surface area (Å²) in [6.45, 7) is 6.41. The summed E-state index contributed by atoms with van der Waals surface area (Å²) in [6, 6.07) is 0. The van der Waals surface area contributed by atoms with Gasteiger partial charge in [-0.15, -0.1) is 23.2 Å². The number of ether oxygens (including phenoxy) is 1. The van der Waals surface area contributed by atoms with Crippen LogP contribution in [-0.2, 0) is 9.53 Å². The monoisotopic (exact) mass is 268 g/mol.